The highest BCUT2D eigenvalue weighted by Crippen LogP contribution is 2.22. The molecule has 1 aromatic heterocycles. The van der Waals surface area contributed by atoms with E-state index >= 15 is 0 Å². The first-order valence-corrected chi connectivity index (χ1v) is 8.66. The number of aromatic nitrogens is 1. The molecule has 8 nitrogen and oxygen atoms in total. The van der Waals surface area contributed by atoms with Crippen molar-refractivity contribution in [3.63, 3.8) is 0 Å². The Morgan fingerprint density at radius 1 is 1.00 bits per heavy atom. The standard InChI is InChI=1S/C20H21N5O3/c1-12-7-14(9-16(8-12)22-11-21)19(26)24-15-4-3-13(2)17(10-15)25-20(27)18-5-6-23-28-18/h3-10,22H,11,21H2,1-2H3,(H,24,26)(H,25,27). The quantitative estimate of drug-likeness (QED) is 0.488. The van der Waals surface area contributed by atoms with Crippen LogP contribution in [0, 0.1) is 13.8 Å². The van der Waals surface area contributed by atoms with Crippen LogP contribution in [-0.2, 0) is 0 Å². The van der Waals surface area contributed by atoms with Gasteiger partial charge in [0.2, 0.25) is 5.76 Å². The first-order valence-electron chi connectivity index (χ1n) is 8.66. The van der Waals surface area contributed by atoms with Crippen molar-refractivity contribution in [1.82, 2.24) is 5.16 Å². The summed E-state index contributed by atoms with van der Waals surface area (Å²) in [7, 11) is 0. The van der Waals surface area contributed by atoms with Crippen LogP contribution in [0.5, 0.6) is 0 Å². The number of carbonyl (C=O) groups is 2. The molecule has 3 rings (SSSR count). The zero-order valence-electron chi connectivity index (χ0n) is 15.6. The molecule has 0 unspecified atom stereocenters. The summed E-state index contributed by atoms with van der Waals surface area (Å²) in [5.74, 6) is -0.575. The predicted molar refractivity (Wildman–Crippen MR) is 107 cm³/mol. The SMILES string of the molecule is Cc1cc(NCN)cc(C(=O)Nc2ccc(C)c(NC(=O)c3ccno3)c2)c1. The van der Waals surface area contributed by atoms with Crippen molar-refractivity contribution in [2.45, 2.75) is 13.8 Å². The van der Waals surface area contributed by atoms with Crippen molar-refractivity contribution in [2.24, 2.45) is 5.73 Å². The molecular formula is C20H21N5O3. The number of benzene rings is 2. The van der Waals surface area contributed by atoms with Crippen LogP contribution in [0.3, 0.4) is 0 Å². The van der Waals surface area contributed by atoms with Crippen LogP contribution in [0.25, 0.3) is 0 Å². The predicted octanol–water partition coefficient (Wildman–Crippen LogP) is 3.12. The van der Waals surface area contributed by atoms with Crippen LogP contribution < -0.4 is 21.7 Å². The second-order valence-corrected chi connectivity index (χ2v) is 6.28. The molecule has 0 atom stereocenters. The summed E-state index contributed by atoms with van der Waals surface area (Å²) in [5.41, 5.74) is 9.69. The number of rotatable bonds is 6. The van der Waals surface area contributed by atoms with Gasteiger partial charge in [-0.25, -0.2) is 0 Å². The molecular weight excluding hydrogens is 358 g/mol. The largest absolute Gasteiger partial charge is 0.373 e. The molecule has 0 fully saturated rings. The fourth-order valence-corrected chi connectivity index (χ4v) is 2.69. The van der Waals surface area contributed by atoms with Gasteiger partial charge in [0.05, 0.1) is 12.9 Å². The summed E-state index contributed by atoms with van der Waals surface area (Å²) in [5, 5.41) is 12.1. The maximum Gasteiger partial charge on any atom is 0.294 e. The van der Waals surface area contributed by atoms with Gasteiger partial charge in [-0.1, -0.05) is 11.2 Å². The molecule has 2 aromatic carbocycles. The number of nitrogens with zero attached hydrogens (tertiary/aromatic N) is 1. The van der Waals surface area contributed by atoms with Gasteiger partial charge in [-0.2, -0.15) is 0 Å². The first-order chi connectivity index (χ1) is 13.5. The maximum atomic E-state index is 12.6. The lowest BCUT2D eigenvalue weighted by Crippen LogP contribution is -2.15. The number of nitrogens with one attached hydrogen (secondary N) is 3. The third-order valence-corrected chi connectivity index (χ3v) is 4.05. The Labute approximate surface area is 162 Å². The number of carbonyl (C=O) groups excluding carboxylic acids is 2. The monoisotopic (exact) mass is 379 g/mol. The molecule has 0 aliphatic rings. The van der Waals surface area contributed by atoms with Crippen LogP contribution in [0.4, 0.5) is 17.1 Å². The zero-order valence-corrected chi connectivity index (χ0v) is 15.6. The van der Waals surface area contributed by atoms with E-state index in [1.165, 1.54) is 12.3 Å². The molecule has 0 saturated carbocycles. The number of hydrogen-bond donors (Lipinski definition) is 4. The van der Waals surface area contributed by atoms with Gasteiger partial charge < -0.3 is 26.2 Å². The highest BCUT2D eigenvalue weighted by atomic mass is 16.5. The molecule has 3 aromatic rings. The van der Waals surface area contributed by atoms with Crippen LogP contribution in [0.1, 0.15) is 32.0 Å². The second kappa shape index (κ2) is 8.36. The van der Waals surface area contributed by atoms with E-state index in [4.69, 9.17) is 10.3 Å². The number of amides is 2. The minimum absolute atomic E-state index is 0.105. The number of hydrogen-bond acceptors (Lipinski definition) is 6. The summed E-state index contributed by atoms with van der Waals surface area (Å²) >= 11 is 0. The van der Waals surface area contributed by atoms with Crippen molar-refractivity contribution in [1.29, 1.82) is 0 Å². The van der Waals surface area contributed by atoms with E-state index in [1.54, 1.807) is 24.3 Å². The van der Waals surface area contributed by atoms with E-state index in [0.29, 0.717) is 16.9 Å². The lowest BCUT2D eigenvalue weighted by molar-refractivity contribution is 0.0986. The van der Waals surface area contributed by atoms with Crippen LogP contribution in [0.2, 0.25) is 0 Å². The molecule has 28 heavy (non-hydrogen) atoms. The van der Waals surface area contributed by atoms with Crippen LogP contribution in [-0.4, -0.2) is 23.6 Å². The Morgan fingerprint density at radius 2 is 1.82 bits per heavy atom. The normalized spacial score (nSPS) is 10.4. The van der Waals surface area contributed by atoms with Gasteiger partial charge in [-0.15, -0.1) is 0 Å². The summed E-state index contributed by atoms with van der Waals surface area (Å²) in [6.45, 7) is 4.03. The molecule has 0 bridgehead atoms. The summed E-state index contributed by atoms with van der Waals surface area (Å²) in [6.07, 6.45) is 1.40. The van der Waals surface area contributed by atoms with Gasteiger partial charge in [0.1, 0.15) is 0 Å². The molecule has 2 amide bonds. The molecule has 0 aliphatic heterocycles. The van der Waals surface area contributed by atoms with Gasteiger partial charge in [-0.05, 0) is 55.3 Å². The minimum atomic E-state index is -0.416. The van der Waals surface area contributed by atoms with Gasteiger partial charge in [0, 0.05) is 28.7 Å². The third kappa shape index (κ3) is 4.54. The Kier molecular flexibility index (Phi) is 5.71. The average molecular weight is 379 g/mol. The third-order valence-electron chi connectivity index (χ3n) is 4.05. The van der Waals surface area contributed by atoms with E-state index in [0.717, 1.165) is 16.8 Å². The first kappa shape index (κ1) is 19.1. The number of anilines is 3. The highest BCUT2D eigenvalue weighted by molar-refractivity contribution is 6.06. The van der Waals surface area contributed by atoms with Crippen molar-refractivity contribution < 1.29 is 14.1 Å². The summed E-state index contributed by atoms with van der Waals surface area (Å²) in [4.78, 5) is 24.8. The summed E-state index contributed by atoms with van der Waals surface area (Å²) < 4.78 is 4.86. The van der Waals surface area contributed by atoms with Crippen molar-refractivity contribution in [3.05, 3.63) is 71.1 Å². The van der Waals surface area contributed by atoms with Gasteiger partial charge in [0.25, 0.3) is 11.8 Å². The van der Waals surface area contributed by atoms with Crippen LogP contribution in [0.15, 0.2) is 53.2 Å². The molecule has 0 aliphatic carbocycles. The topological polar surface area (TPSA) is 122 Å². The smallest absolute Gasteiger partial charge is 0.294 e. The molecule has 5 N–H and O–H groups in total. The van der Waals surface area contributed by atoms with Gasteiger partial charge in [0.15, 0.2) is 0 Å². The van der Waals surface area contributed by atoms with Gasteiger partial charge >= 0.3 is 0 Å². The highest BCUT2D eigenvalue weighted by Gasteiger charge is 2.13. The fraction of sp³-hybridized carbons (Fsp3) is 0.150. The lowest BCUT2D eigenvalue weighted by atomic mass is 10.1. The Morgan fingerprint density at radius 3 is 2.54 bits per heavy atom. The number of aryl methyl sites for hydroxylation is 2. The van der Waals surface area contributed by atoms with Crippen molar-refractivity contribution in [3.8, 4) is 0 Å². The molecule has 1 heterocycles. The maximum absolute atomic E-state index is 12.6. The fourth-order valence-electron chi connectivity index (χ4n) is 2.69. The molecule has 0 spiro atoms. The van der Waals surface area contributed by atoms with Crippen molar-refractivity contribution in [2.75, 3.05) is 22.6 Å². The van der Waals surface area contributed by atoms with E-state index < -0.39 is 5.91 Å². The van der Waals surface area contributed by atoms with E-state index in [9.17, 15) is 9.59 Å². The van der Waals surface area contributed by atoms with Gasteiger partial charge in [-0.3, -0.25) is 9.59 Å². The molecule has 0 saturated heterocycles. The Bertz CT molecular complexity index is 999. The summed E-state index contributed by atoms with van der Waals surface area (Å²) in [6, 6.07) is 12.2. The average Bonchev–Trinajstić information content (AvgIpc) is 3.19. The molecule has 8 heteroatoms. The lowest BCUT2D eigenvalue weighted by Gasteiger charge is -2.12. The minimum Gasteiger partial charge on any atom is -0.373 e. The molecule has 144 valence electrons. The zero-order chi connectivity index (χ0) is 20.1. The van der Waals surface area contributed by atoms with Crippen molar-refractivity contribution >= 4 is 28.9 Å². The van der Waals surface area contributed by atoms with Crippen LogP contribution >= 0.6 is 0 Å². The van der Waals surface area contributed by atoms with E-state index in [1.807, 2.05) is 26.0 Å². The Hall–Kier alpha value is -3.65. The number of nitrogens with two attached hydrogens (primary N) is 1. The molecule has 0 radical (unpaired) electrons. The van der Waals surface area contributed by atoms with E-state index in [2.05, 4.69) is 21.1 Å². The second-order valence-electron chi connectivity index (χ2n) is 6.28. The Balaban J connectivity index is 1.77. The van der Waals surface area contributed by atoms with E-state index in [-0.39, 0.29) is 18.3 Å².